The lowest BCUT2D eigenvalue weighted by molar-refractivity contribution is 0.0995. The Morgan fingerprint density at radius 1 is 1.32 bits per heavy atom. The van der Waals surface area contributed by atoms with E-state index in [9.17, 15) is 9.59 Å². The van der Waals surface area contributed by atoms with Crippen molar-refractivity contribution in [2.75, 3.05) is 10.6 Å². The summed E-state index contributed by atoms with van der Waals surface area (Å²) in [4.78, 5) is 32.7. The molecule has 31 heavy (non-hydrogen) atoms. The Kier molecular flexibility index (Phi) is 4.66. The second-order valence-corrected chi connectivity index (χ2v) is 7.71. The third-order valence-electron chi connectivity index (χ3n) is 5.49. The van der Waals surface area contributed by atoms with Gasteiger partial charge in [0.05, 0.1) is 23.9 Å². The van der Waals surface area contributed by atoms with Gasteiger partial charge in [0.15, 0.2) is 11.4 Å². The molecule has 0 aromatic carbocycles. The van der Waals surface area contributed by atoms with Gasteiger partial charge in [-0.1, -0.05) is 0 Å². The zero-order valence-electron chi connectivity index (χ0n) is 16.7. The van der Waals surface area contributed by atoms with E-state index in [1.807, 2.05) is 6.07 Å². The van der Waals surface area contributed by atoms with Crippen LogP contribution in [0.25, 0.3) is 11.5 Å². The van der Waals surface area contributed by atoms with Crippen LogP contribution < -0.4 is 16.4 Å². The highest BCUT2D eigenvalue weighted by molar-refractivity contribution is 6.07. The topological polar surface area (TPSA) is 150 Å². The molecular weight excluding hydrogens is 402 g/mol. The maximum absolute atomic E-state index is 12.6. The molecule has 0 saturated carbocycles. The highest BCUT2D eigenvalue weighted by Crippen LogP contribution is 2.36. The Bertz CT molecular complexity index is 1150. The lowest BCUT2D eigenvalue weighted by Crippen LogP contribution is -2.30. The Balaban J connectivity index is 1.30. The summed E-state index contributed by atoms with van der Waals surface area (Å²) in [5, 5.41) is 9.95. The number of amides is 2. The Labute approximate surface area is 177 Å². The number of ether oxygens (including phenoxy) is 1. The molecule has 5 heterocycles. The number of nitrogens with one attached hydrogen (secondary N) is 2. The third kappa shape index (κ3) is 3.75. The molecule has 2 aliphatic heterocycles. The van der Waals surface area contributed by atoms with E-state index in [0.29, 0.717) is 17.5 Å². The second-order valence-electron chi connectivity index (χ2n) is 7.71. The molecule has 3 aromatic heterocycles. The minimum Gasteiger partial charge on any atom is -0.444 e. The predicted molar refractivity (Wildman–Crippen MR) is 109 cm³/mol. The molecule has 11 heteroatoms. The number of hydrogen-bond donors (Lipinski definition) is 3. The van der Waals surface area contributed by atoms with Gasteiger partial charge in [0, 0.05) is 25.0 Å². The van der Waals surface area contributed by atoms with Crippen molar-refractivity contribution in [1.82, 2.24) is 19.7 Å². The number of pyridine rings is 1. The van der Waals surface area contributed by atoms with Gasteiger partial charge in [-0.15, -0.1) is 0 Å². The van der Waals surface area contributed by atoms with E-state index in [0.717, 1.165) is 19.3 Å². The fraction of sp³-hybridized carbons (Fsp3) is 0.350. The summed E-state index contributed by atoms with van der Waals surface area (Å²) in [5.74, 6) is -0.308. The quantitative estimate of drug-likeness (QED) is 0.540. The smallest absolute Gasteiger partial charge is 0.277 e. The number of hydrogen-bond acceptors (Lipinski definition) is 8. The molecule has 3 atom stereocenters. The number of nitrogens with two attached hydrogens (primary N) is 1. The minimum absolute atomic E-state index is 0.0333. The van der Waals surface area contributed by atoms with Crippen LogP contribution in [0, 0.1) is 0 Å². The SMILES string of the molecule is Cn1cc(NC(=O)c2coc(-c3ccnc(N[C@@H]4C[C@H]5CC[C@@H]4O5)c3)n2)c(C(N)=O)n1. The number of anilines is 2. The highest BCUT2D eigenvalue weighted by Gasteiger charge is 2.40. The lowest BCUT2D eigenvalue weighted by atomic mass is 9.95. The molecule has 0 aliphatic carbocycles. The van der Waals surface area contributed by atoms with Gasteiger partial charge in [0.25, 0.3) is 11.8 Å². The number of aryl methyl sites for hydroxylation is 1. The van der Waals surface area contributed by atoms with Crippen LogP contribution >= 0.6 is 0 Å². The second kappa shape index (κ2) is 7.51. The maximum atomic E-state index is 12.6. The molecule has 2 aliphatic rings. The van der Waals surface area contributed by atoms with E-state index in [2.05, 4.69) is 25.7 Å². The number of primary amides is 1. The van der Waals surface area contributed by atoms with Crippen molar-refractivity contribution in [2.45, 2.75) is 37.5 Å². The average molecular weight is 423 g/mol. The van der Waals surface area contributed by atoms with Gasteiger partial charge in [0.1, 0.15) is 12.1 Å². The Hall–Kier alpha value is -3.73. The molecule has 5 rings (SSSR count). The highest BCUT2D eigenvalue weighted by atomic mass is 16.5. The molecule has 3 aromatic rings. The van der Waals surface area contributed by atoms with Gasteiger partial charge in [0.2, 0.25) is 5.89 Å². The van der Waals surface area contributed by atoms with E-state index in [-0.39, 0.29) is 35.1 Å². The number of carbonyl (C=O) groups is 2. The van der Waals surface area contributed by atoms with Crippen LogP contribution in [-0.2, 0) is 11.8 Å². The zero-order chi connectivity index (χ0) is 21.5. The number of aromatic nitrogens is 4. The number of carbonyl (C=O) groups excluding carboxylic acids is 2. The van der Waals surface area contributed by atoms with Crippen molar-refractivity contribution in [3.8, 4) is 11.5 Å². The van der Waals surface area contributed by atoms with Gasteiger partial charge >= 0.3 is 0 Å². The van der Waals surface area contributed by atoms with Crippen LogP contribution in [-0.4, -0.2) is 49.8 Å². The Morgan fingerprint density at radius 3 is 2.94 bits per heavy atom. The van der Waals surface area contributed by atoms with Crippen molar-refractivity contribution in [2.24, 2.45) is 12.8 Å². The summed E-state index contributed by atoms with van der Waals surface area (Å²) in [6, 6.07) is 3.82. The number of fused-ring (bicyclic) bond motifs is 2. The molecule has 160 valence electrons. The number of oxazole rings is 1. The van der Waals surface area contributed by atoms with Gasteiger partial charge in [-0.2, -0.15) is 5.10 Å². The van der Waals surface area contributed by atoms with Crippen LogP contribution in [0.5, 0.6) is 0 Å². The number of rotatable bonds is 6. The van der Waals surface area contributed by atoms with Crippen LogP contribution in [0.2, 0.25) is 0 Å². The molecule has 0 unspecified atom stereocenters. The van der Waals surface area contributed by atoms with Crippen molar-refractivity contribution < 1.29 is 18.7 Å². The van der Waals surface area contributed by atoms with Crippen molar-refractivity contribution in [1.29, 1.82) is 0 Å². The maximum Gasteiger partial charge on any atom is 0.277 e. The van der Waals surface area contributed by atoms with Gasteiger partial charge in [-0.25, -0.2) is 9.97 Å². The lowest BCUT2D eigenvalue weighted by Gasteiger charge is -2.20. The fourth-order valence-electron chi connectivity index (χ4n) is 4.08. The fourth-order valence-corrected chi connectivity index (χ4v) is 4.08. The molecular formula is C20H21N7O4. The monoisotopic (exact) mass is 423 g/mol. The van der Waals surface area contributed by atoms with Gasteiger partial charge in [-0.05, 0) is 31.4 Å². The van der Waals surface area contributed by atoms with Crippen molar-refractivity contribution in [3.63, 3.8) is 0 Å². The summed E-state index contributed by atoms with van der Waals surface area (Å²) < 4.78 is 12.8. The first-order valence-electron chi connectivity index (χ1n) is 9.95. The van der Waals surface area contributed by atoms with Crippen molar-refractivity contribution >= 4 is 23.3 Å². The normalized spacial score (nSPS) is 21.9. The summed E-state index contributed by atoms with van der Waals surface area (Å²) in [5.41, 5.74) is 6.20. The molecule has 11 nitrogen and oxygen atoms in total. The molecule has 0 spiro atoms. The van der Waals surface area contributed by atoms with Crippen molar-refractivity contribution in [3.05, 3.63) is 42.2 Å². The van der Waals surface area contributed by atoms with Gasteiger partial charge in [-0.3, -0.25) is 14.3 Å². The average Bonchev–Trinajstić information content (AvgIpc) is 3.52. The minimum atomic E-state index is -0.741. The van der Waals surface area contributed by atoms with Gasteiger partial charge < -0.3 is 25.5 Å². The summed E-state index contributed by atoms with van der Waals surface area (Å²) in [7, 11) is 1.62. The first kappa shape index (κ1) is 19.2. The summed E-state index contributed by atoms with van der Waals surface area (Å²) in [6.45, 7) is 0. The molecule has 0 radical (unpaired) electrons. The largest absolute Gasteiger partial charge is 0.444 e. The summed E-state index contributed by atoms with van der Waals surface area (Å²) in [6.07, 6.45) is 8.12. The standard InChI is InChI=1S/C20H21N7O4/c1-27-8-13(17(26-27)18(21)28)24-19(29)14-9-30-20(25-14)10-4-5-22-16(6-10)23-12-7-11-2-3-15(12)31-11/h4-6,8-9,11-12,15H,2-3,7H2,1H3,(H2,21,28)(H,22,23)(H,24,29)/t11-,12-,15+/m1/s1. The third-order valence-corrected chi connectivity index (χ3v) is 5.49. The van der Waals surface area contributed by atoms with E-state index in [4.69, 9.17) is 14.9 Å². The predicted octanol–water partition coefficient (Wildman–Crippen LogP) is 1.55. The van der Waals surface area contributed by atoms with E-state index < -0.39 is 11.8 Å². The Morgan fingerprint density at radius 2 is 2.19 bits per heavy atom. The molecule has 2 saturated heterocycles. The first-order valence-corrected chi connectivity index (χ1v) is 9.95. The zero-order valence-corrected chi connectivity index (χ0v) is 16.7. The molecule has 2 bridgehead atoms. The molecule has 2 amide bonds. The van der Waals surface area contributed by atoms with E-state index in [1.54, 1.807) is 19.3 Å². The summed E-state index contributed by atoms with van der Waals surface area (Å²) >= 11 is 0. The van der Waals surface area contributed by atoms with Crippen LogP contribution in [0.4, 0.5) is 11.5 Å². The van der Waals surface area contributed by atoms with E-state index in [1.165, 1.54) is 17.1 Å². The van der Waals surface area contributed by atoms with Crippen LogP contribution in [0.3, 0.4) is 0 Å². The van der Waals surface area contributed by atoms with E-state index >= 15 is 0 Å². The number of nitrogens with zero attached hydrogens (tertiary/aromatic N) is 4. The van der Waals surface area contributed by atoms with Crippen LogP contribution in [0.1, 0.15) is 40.2 Å². The first-order chi connectivity index (χ1) is 15.0. The van der Waals surface area contributed by atoms with Crippen LogP contribution in [0.15, 0.2) is 35.2 Å². The molecule has 2 fully saturated rings. The molecule has 4 N–H and O–H groups in total.